The van der Waals surface area contributed by atoms with Crippen molar-refractivity contribution in [3.63, 3.8) is 0 Å². The van der Waals surface area contributed by atoms with Crippen molar-refractivity contribution in [3.8, 4) is 0 Å². The number of hydrogen-bond donors (Lipinski definition) is 1. The molecular weight excluding hydrogens is 272 g/mol. The van der Waals surface area contributed by atoms with Gasteiger partial charge in [0.1, 0.15) is 0 Å². The van der Waals surface area contributed by atoms with Crippen molar-refractivity contribution in [1.29, 1.82) is 0 Å². The minimum Gasteiger partial charge on any atom is -0.392 e. The zero-order valence-corrected chi connectivity index (χ0v) is 14.3. The molecule has 0 aromatic rings. The first-order valence-electron chi connectivity index (χ1n) is 9.37. The Morgan fingerprint density at radius 1 is 1.09 bits per heavy atom. The van der Waals surface area contributed by atoms with E-state index < -0.39 is 0 Å². The van der Waals surface area contributed by atoms with Crippen LogP contribution in [0, 0.1) is 34.0 Å². The molecular formula is C20H30O2. The van der Waals surface area contributed by atoms with Crippen molar-refractivity contribution in [2.75, 3.05) is 6.61 Å². The van der Waals surface area contributed by atoms with Gasteiger partial charge in [-0.1, -0.05) is 39.3 Å². The van der Waals surface area contributed by atoms with Crippen LogP contribution in [0.25, 0.3) is 0 Å². The third kappa shape index (κ3) is 1.37. The Morgan fingerprint density at radius 2 is 1.86 bits per heavy atom. The Hall–Kier alpha value is -0.340. The van der Waals surface area contributed by atoms with Crippen LogP contribution in [0.15, 0.2) is 12.2 Å². The molecule has 4 fully saturated rings. The summed E-state index contributed by atoms with van der Waals surface area (Å²) in [6, 6.07) is 0. The molecule has 2 nitrogen and oxygen atoms in total. The van der Waals surface area contributed by atoms with E-state index in [0.29, 0.717) is 28.6 Å². The summed E-state index contributed by atoms with van der Waals surface area (Å²) < 4.78 is 5.91. The molecule has 5 rings (SSSR count). The molecule has 0 unspecified atom stereocenters. The third-order valence-electron chi connectivity index (χ3n) is 8.77. The van der Waals surface area contributed by atoms with Crippen LogP contribution < -0.4 is 0 Å². The fraction of sp³-hybridized carbons (Fsp3) is 0.900. The summed E-state index contributed by atoms with van der Waals surface area (Å²) in [6.07, 6.45) is 12.1. The van der Waals surface area contributed by atoms with Gasteiger partial charge in [0.2, 0.25) is 0 Å². The van der Waals surface area contributed by atoms with Gasteiger partial charge in [-0.2, -0.15) is 0 Å². The molecule has 22 heavy (non-hydrogen) atoms. The lowest BCUT2D eigenvalue weighted by Crippen LogP contribution is -2.68. The standard InChI is InChI=1S/C20H30O2/c1-17(2)7-4-8-18(3)13-5-9-19(12-22-19)14-6-10-20(13,14)16(21)11-15(17)18/h6,10,13-16,21H,4-5,7-9,11-12H2,1-3H3/t13-,14-,15+,16-,18-,19+,20-/m1/s1. The van der Waals surface area contributed by atoms with Crippen LogP contribution in [0.5, 0.6) is 0 Å². The molecule has 0 aromatic heterocycles. The van der Waals surface area contributed by atoms with Crippen molar-refractivity contribution >= 4 is 0 Å². The van der Waals surface area contributed by atoms with Crippen LogP contribution in [0.3, 0.4) is 0 Å². The number of rotatable bonds is 0. The molecule has 2 heteroatoms. The zero-order valence-electron chi connectivity index (χ0n) is 14.3. The van der Waals surface area contributed by atoms with Crippen molar-refractivity contribution in [2.45, 2.75) is 71.0 Å². The number of epoxide rings is 1. The fourth-order valence-corrected chi connectivity index (χ4v) is 7.64. The molecule has 1 N–H and O–H groups in total. The molecule has 2 spiro atoms. The van der Waals surface area contributed by atoms with E-state index in [1.165, 1.54) is 32.1 Å². The fourth-order valence-electron chi connectivity index (χ4n) is 7.64. The first-order valence-corrected chi connectivity index (χ1v) is 9.37. The molecule has 0 bridgehead atoms. The van der Waals surface area contributed by atoms with Gasteiger partial charge in [0.05, 0.1) is 18.3 Å². The summed E-state index contributed by atoms with van der Waals surface area (Å²) in [4.78, 5) is 0. The number of aliphatic hydroxyl groups is 1. The molecule has 1 aliphatic heterocycles. The maximum atomic E-state index is 11.2. The summed E-state index contributed by atoms with van der Waals surface area (Å²) in [6.45, 7) is 8.38. The molecule has 122 valence electrons. The van der Waals surface area contributed by atoms with E-state index in [1.807, 2.05) is 0 Å². The SMILES string of the molecule is CC1(C)CCC[C@]2(C)[C@H]3CC[C@]4(CO4)[C@H]4C=C[C@]43[C@H](O)C[C@@H]12. The minimum atomic E-state index is -0.163. The summed E-state index contributed by atoms with van der Waals surface area (Å²) in [5.41, 5.74) is 0.928. The monoisotopic (exact) mass is 302 g/mol. The smallest absolute Gasteiger partial charge is 0.0988 e. The van der Waals surface area contributed by atoms with Gasteiger partial charge in [0.15, 0.2) is 0 Å². The summed E-state index contributed by atoms with van der Waals surface area (Å²) in [5.74, 6) is 1.80. The topological polar surface area (TPSA) is 32.8 Å². The number of ether oxygens (including phenoxy) is 1. The van der Waals surface area contributed by atoms with Gasteiger partial charge in [-0.15, -0.1) is 0 Å². The Morgan fingerprint density at radius 3 is 2.50 bits per heavy atom. The van der Waals surface area contributed by atoms with Gasteiger partial charge in [-0.25, -0.2) is 0 Å². The molecule has 0 aromatic carbocycles. The van der Waals surface area contributed by atoms with Gasteiger partial charge in [0.25, 0.3) is 0 Å². The molecule has 7 atom stereocenters. The maximum absolute atomic E-state index is 11.2. The second-order valence-corrected chi connectivity index (χ2v) is 9.93. The van der Waals surface area contributed by atoms with E-state index in [4.69, 9.17) is 4.74 Å². The van der Waals surface area contributed by atoms with Crippen molar-refractivity contribution in [2.24, 2.45) is 34.0 Å². The minimum absolute atomic E-state index is 0.0351. The average molecular weight is 302 g/mol. The molecule has 5 aliphatic rings. The third-order valence-corrected chi connectivity index (χ3v) is 8.77. The molecule has 3 saturated carbocycles. The van der Waals surface area contributed by atoms with Gasteiger partial charge >= 0.3 is 0 Å². The Kier molecular flexibility index (Phi) is 2.44. The lowest BCUT2D eigenvalue weighted by molar-refractivity contribution is -0.215. The van der Waals surface area contributed by atoms with Gasteiger partial charge in [-0.3, -0.25) is 0 Å². The highest BCUT2D eigenvalue weighted by atomic mass is 16.6. The predicted molar refractivity (Wildman–Crippen MR) is 86.3 cm³/mol. The van der Waals surface area contributed by atoms with Crippen LogP contribution >= 0.6 is 0 Å². The molecule has 4 aliphatic carbocycles. The Labute approximate surface area is 134 Å². The first-order chi connectivity index (χ1) is 10.4. The van der Waals surface area contributed by atoms with Crippen LogP contribution in [-0.4, -0.2) is 23.4 Å². The van der Waals surface area contributed by atoms with Crippen LogP contribution in [-0.2, 0) is 4.74 Å². The highest BCUT2D eigenvalue weighted by Gasteiger charge is 2.73. The van der Waals surface area contributed by atoms with E-state index in [-0.39, 0.29) is 17.1 Å². The van der Waals surface area contributed by atoms with Crippen LogP contribution in [0.2, 0.25) is 0 Å². The molecule has 0 radical (unpaired) electrons. The van der Waals surface area contributed by atoms with Gasteiger partial charge in [0, 0.05) is 11.3 Å². The first kappa shape index (κ1) is 14.0. The Balaban J connectivity index is 1.61. The van der Waals surface area contributed by atoms with Crippen molar-refractivity contribution in [1.82, 2.24) is 0 Å². The van der Waals surface area contributed by atoms with E-state index in [9.17, 15) is 5.11 Å². The summed E-state index contributed by atoms with van der Waals surface area (Å²) in [7, 11) is 0. The second kappa shape index (κ2) is 3.83. The quantitative estimate of drug-likeness (QED) is 0.543. The van der Waals surface area contributed by atoms with E-state index in [1.54, 1.807) is 0 Å². The number of fused-ring (bicyclic) bond motifs is 3. The molecule has 1 saturated heterocycles. The van der Waals surface area contributed by atoms with E-state index in [0.717, 1.165) is 13.0 Å². The molecule has 1 heterocycles. The molecule has 0 amide bonds. The Bertz CT molecular complexity index is 546. The summed E-state index contributed by atoms with van der Waals surface area (Å²) >= 11 is 0. The lowest BCUT2D eigenvalue weighted by atomic mass is 9.35. The predicted octanol–water partition coefficient (Wildman–Crippen LogP) is 3.94. The van der Waals surface area contributed by atoms with Gasteiger partial charge < -0.3 is 9.84 Å². The van der Waals surface area contributed by atoms with Crippen molar-refractivity contribution in [3.05, 3.63) is 12.2 Å². The number of hydrogen-bond acceptors (Lipinski definition) is 2. The normalized spacial score (nSPS) is 60.9. The number of aliphatic hydroxyl groups excluding tert-OH is 1. The van der Waals surface area contributed by atoms with E-state index in [2.05, 4.69) is 32.9 Å². The van der Waals surface area contributed by atoms with E-state index >= 15 is 0 Å². The van der Waals surface area contributed by atoms with Crippen LogP contribution in [0.1, 0.15) is 59.3 Å². The maximum Gasteiger partial charge on any atom is 0.0988 e. The zero-order chi connectivity index (χ0) is 15.4. The summed E-state index contributed by atoms with van der Waals surface area (Å²) in [5, 5.41) is 11.2. The second-order valence-electron chi connectivity index (χ2n) is 9.93. The highest BCUT2D eigenvalue weighted by molar-refractivity contribution is 5.35. The average Bonchev–Trinajstić information content (AvgIpc) is 3.15. The highest BCUT2D eigenvalue weighted by Crippen LogP contribution is 2.74. The lowest BCUT2D eigenvalue weighted by Gasteiger charge is -2.69. The van der Waals surface area contributed by atoms with Crippen molar-refractivity contribution < 1.29 is 9.84 Å². The van der Waals surface area contributed by atoms with Gasteiger partial charge in [-0.05, 0) is 54.8 Å². The van der Waals surface area contributed by atoms with Crippen LogP contribution in [0.4, 0.5) is 0 Å². The largest absolute Gasteiger partial charge is 0.392 e.